The maximum absolute atomic E-state index is 14.3. The van der Waals surface area contributed by atoms with Crippen LogP contribution in [0.25, 0.3) is 0 Å². The van der Waals surface area contributed by atoms with Crippen molar-refractivity contribution in [3.05, 3.63) is 58.7 Å². The molecule has 6 heteroatoms. The Morgan fingerprint density at radius 2 is 1.20 bits per heavy atom. The van der Waals surface area contributed by atoms with Gasteiger partial charge in [0.2, 0.25) is 0 Å². The van der Waals surface area contributed by atoms with Crippen molar-refractivity contribution in [3.8, 4) is 11.5 Å². The molecule has 0 aromatic heterocycles. The molecule has 44 heavy (non-hydrogen) atoms. The number of aryl methyl sites for hydroxylation is 2. The molecule has 0 amide bonds. The average Bonchev–Trinajstić information content (AvgIpc) is 2.95. The summed E-state index contributed by atoms with van der Waals surface area (Å²) in [5.74, 6) is 1.02. The molecule has 4 aliphatic carbocycles. The van der Waals surface area contributed by atoms with E-state index in [1.807, 2.05) is 18.2 Å². The SMILES string of the molecule is CC(=O)Oc1ccc2c(c1)[C@@]1(C)CCC[C@](C)(COC(=O)[C@@]3(C)CCC[C@]4(C)c5cc(OC(C)=O)ccc5CC[C@@H]34)[C@@H]1CC2. The van der Waals surface area contributed by atoms with Crippen LogP contribution in [0.15, 0.2) is 36.4 Å². The van der Waals surface area contributed by atoms with E-state index < -0.39 is 5.41 Å². The fourth-order valence-electron chi connectivity index (χ4n) is 10.3. The van der Waals surface area contributed by atoms with E-state index in [9.17, 15) is 14.4 Å². The van der Waals surface area contributed by atoms with Crippen LogP contribution in [0.1, 0.15) is 115 Å². The van der Waals surface area contributed by atoms with Gasteiger partial charge in [0.05, 0.1) is 12.0 Å². The van der Waals surface area contributed by atoms with E-state index in [-0.39, 0.29) is 40.1 Å². The maximum Gasteiger partial charge on any atom is 0.312 e. The molecular weight excluding hydrogens is 552 g/mol. The van der Waals surface area contributed by atoms with Crippen LogP contribution in [0, 0.1) is 22.7 Å². The number of rotatable bonds is 5. The number of hydrogen-bond acceptors (Lipinski definition) is 6. The van der Waals surface area contributed by atoms with Gasteiger partial charge in [0.25, 0.3) is 0 Å². The summed E-state index contributed by atoms with van der Waals surface area (Å²) < 4.78 is 17.4. The monoisotopic (exact) mass is 600 g/mol. The summed E-state index contributed by atoms with van der Waals surface area (Å²) in [5, 5.41) is 0. The van der Waals surface area contributed by atoms with Crippen LogP contribution >= 0.6 is 0 Å². The van der Waals surface area contributed by atoms with Crippen LogP contribution in [0.5, 0.6) is 11.5 Å². The summed E-state index contributed by atoms with van der Waals surface area (Å²) in [7, 11) is 0. The minimum atomic E-state index is -0.575. The van der Waals surface area contributed by atoms with Crippen molar-refractivity contribution in [1.82, 2.24) is 0 Å². The average molecular weight is 601 g/mol. The van der Waals surface area contributed by atoms with Crippen LogP contribution in [0.2, 0.25) is 0 Å². The molecule has 236 valence electrons. The van der Waals surface area contributed by atoms with E-state index in [1.165, 1.54) is 36.1 Å². The van der Waals surface area contributed by atoms with Gasteiger partial charge in [-0.2, -0.15) is 0 Å². The minimum absolute atomic E-state index is 0.0603. The number of benzene rings is 2. The lowest BCUT2D eigenvalue weighted by Crippen LogP contribution is -2.54. The Balaban J connectivity index is 1.23. The topological polar surface area (TPSA) is 78.9 Å². The number of esters is 3. The zero-order chi connectivity index (χ0) is 31.5. The van der Waals surface area contributed by atoms with Gasteiger partial charge in [-0.3, -0.25) is 14.4 Å². The standard InChI is InChI=1S/C38H48O6/c1-24(39)43-28-13-9-26-11-15-32-35(3,17-7-18-36(32,4)30(26)21-28)23-42-34(41)38(6)20-8-19-37(5)31-22-29(44-25(2)40)14-10-27(31)12-16-33(37)38/h9-10,13-14,21-22,32-33H,7-8,11-12,15-20,23H2,1-6H3/t32-,33+,35+,36+,37+,38-/m0/s1. The molecule has 2 aromatic rings. The van der Waals surface area contributed by atoms with E-state index in [2.05, 4.69) is 45.9 Å². The highest BCUT2D eigenvalue weighted by atomic mass is 16.5. The Morgan fingerprint density at radius 1 is 0.705 bits per heavy atom. The molecule has 0 aliphatic heterocycles. The minimum Gasteiger partial charge on any atom is -0.465 e. The summed E-state index contributed by atoms with van der Waals surface area (Å²) >= 11 is 0. The van der Waals surface area contributed by atoms with Gasteiger partial charge in [0.15, 0.2) is 0 Å². The van der Waals surface area contributed by atoms with Gasteiger partial charge in [-0.15, -0.1) is 0 Å². The lowest BCUT2D eigenvalue weighted by molar-refractivity contribution is -0.171. The van der Waals surface area contributed by atoms with Crippen molar-refractivity contribution in [2.75, 3.05) is 6.61 Å². The van der Waals surface area contributed by atoms with E-state index in [0.29, 0.717) is 24.0 Å². The first-order valence-corrected chi connectivity index (χ1v) is 16.6. The third-order valence-corrected chi connectivity index (χ3v) is 12.3. The molecule has 6 nitrogen and oxygen atoms in total. The van der Waals surface area contributed by atoms with Crippen molar-refractivity contribution >= 4 is 17.9 Å². The Labute approximate surface area is 262 Å². The number of fused-ring (bicyclic) bond motifs is 6. The van der Waals surface area contributed by atoms with Gasteiger partial charge in [0.1, 0.15) is 11.5 Å². The van der Waals surface area contributed by atoms with Gasteiger partial charge in [-0.05, 0) is 127 Å². The fraction of sp³-hybridized carbons (Fsp3) is 0.605. The van der Waals surface area contributed by atoms with Crippen molar-refractivity contribution in [2.45, 2.75) is 117 Å². The molecule has 0 N–H and O–H groups in total. The predicted octanol–water partition coefficient (Wildman–Crippen LogP) is 7.80. The molecule has 2 fully saturated rings. The van der Waals surface area contributed by atoms with E-state index in [1.54, 1.807) is 0 Å². The molecule has 0 spiro atoms. The van der Waals surface area contributed by atoms with Gasteiger partial charge in [-0.25, -0.2) is 0 Å². The first-order chi connectivity index (χ1) is 20.8. The summed E-state index contributed by atoms with van der Waals surface area (Å²) in [6.45, 7) is 12.4. The molecule has 0 radical (unpaired) electrons. The van der Waals surface area contributed by atoms with Gasteiger partial charge in [0, 0.05) is 19.3 Å². The Kier molecular flexibility index (Phi) is 7.73. The highest BCUT2D eigenvalue weighted by Crippen LogP contribution is 2.60. The normalized spacial score (nSPS) is 34.0. The molecule has 0 heterocycles. The van der Waals surface area contributed by atoms with Crippen molar-refractivity contribution in [1.29, 1.82) is 0 Å². The lowest BCUT2D eigenvalue weighted by atomic mass is 9.49. The quantitative estimate of drug-likeness (QED) is 0.257. The number of ether oxygens (including phenoxy) is 3. The zero-order valence-electron chi connectivity index (χ0n) is 27.3. The van der Waals surface area contributed by atoms with Gasteiger partial charge < -0.3 is 14.2 Å². The molecule has 2 saturated carbocycles. The van der Waals surface area contributed by atoms with Crippen molar-refractivity contribution in [2.24, 2.45) is 22.7 Å². The highest BCUT2D eigenvalue weighted by Gasteiger charge is 2.57. The predicted molar refractivity (Wildman–Crippen MR) is 169 cm³/mol. The second kappa shape index (κ2) is 11.0. The Morgan fingerprint density at radius 3 is 1.75 bits per heavy atom. The van der Waals surface area contributed by atoms with Crippen LogP contribution in [-0.2, 0) is 42.8 Å². The second-order valence-corrected chi connectivity index (χ2v) is 15.2. The summed E-state index contributed by atoms with van der Waals surface area (Å²) in [5.41, 5.74) is 4.17. The van der Waals surface area contributed by atoms with E-state index in [0.717, 1.165) is 64.2 Å². The largest absolute Gasteiger partial charge is 0.465 e. The Bertz CT molecular complexity index is 1490. The summed E-state index contributed by atoms with van der Waals surface area (Å²) in [6.07, 6.45) is 9.85. The number of carbonyl (C=O) groups excluding carboxylic acids is 3. The fourth-order valence-corrected chi connectivity index (χ4v) is 10.3. The van der Waals surface area contributed by atoms with Crippen molar-refractivity contribution < 1.29 is 28.6 Å². The van der Waals surface area contributed by atoms with Crippen LogP contribution in [-0.4, -0.2) is 24.5 Å². The number of hydrogen-bond donors (Lipinski definition) is 0. The Hall–Kier alpha value is -3.15. The van der Waals surface area contributed by atoms with Crippen LogP contribution in [0.4, 0.5) is 0 Å². The van der Waals surface area contributed by atoms with Crippen LogP contribution in [0.3, 0.4) is 0 Å². The highest BCUT2D eigenvalue weighted by molar-refractivity contribution is 5.78. The van der Waals surface area contributed by atoms with Crippen molar-refractivity contribution in [3.63, 3.8) is 0 Å². The van der Waals surface area contributed by atoms with E-state index in [4.69, 9.17) is 14.2 Å². The molecule has 4 aliphatic rings. The number of carbonyl (C=O) groups is 3. The summed E-state index contributed by atoms with van der Waals surface area (Å²) in [4.78, 5) is 37.6. The smallest absolute Gasteiger partial charge is 0.312 e. The maximum atomic E-state index is 14.3. The lowest BCUT2D eigenvalue weighted by Gasteiger charge is -2.56. The van der Waals surface area contributed by atoms with Gasteiger partial charge in [-0.1, -0.05) is 45.7 Å². The molecule has 6 atom stereocenters. The molecule has 0 saturated heterocycles. The molecule has 0 bridgehead atoms. The van der Waals surface area contributed by atoms with Crippen LogP contribution < -0.4 is 9.47 Å². The third-order valence-electron chi connectivity index (χ3n) is 12.3. The molecule has 0 unspecified atom stereocenters. The van der Waals surface area contributed by atoms with E-state index >= 15 is 0 Å². The molecule has 2 aromatic carbocycles. The summed E-state index contributed by atoms with van der Waals surface area (Å²) in [6, 6.07) is 12.1. The van der Waals surface area contributed by atoms with Gasteiger partial charge >= 0.3 is 17.9 Å². The first kappa shape index (κ1) is 30.9. The molecule has 6 rings (SSSR count). The second-order valence-electron chi connectivity index (χ2n) is 15.2. The third kappa shape index (κ3) is 5.06. The molecular formula is C38H48O6. The first-order valence-electron chi connectivity index (χ1n) is 16.6. The zero-order valence-corrected chi connectivity index (χ0v) is 27.3.